The lowest BCUT2D eigenvalue weighted by molar-refractivity contribution is -0.166. The Morgan fingerprint density at radius 3 is 2.14 bits per heavy atom. The number of hydrogen-bond acceptors (Lipinski definition) is 7. The number of rotatable bonds is 13. The van der Waals surface area contributed by atoms with Gasteiger partial charge in [-0.3, -0.25) is 19.2 Å². The molecule has 2 aliphatic rings. The second-order valence-corrected chi connectivity index (χ2v) is 12.9. The van der Waals surface area contributed by atoms with E-state index in [1.54, 1.807) is 25.7 Å². The molecule has 1 spiro atoms. The summed E-state index contributed by atoms with van der Waals surface area (Å²) >= 11 is 0. The van der Waals surface area contributed by atoms with E-state index in [-0.39, 0.29) is 37.8 Å². The molecule has 2 saturated heterocycles. The maximum atomic E-state index is 13.8. The second-order valence-electron chi connectivity index (χ2n) is 12.9. The number of ether oxygens (including phenoxy) is 2. The first-order valence-corrected chi connectivity index (χ1v) is 15.9. The van der Waals surface area contributed by atoms with Crippen LogP contribution in [0.4, 0.5) is 0 Å². The topological polar surface area (TPSA) is 105 Å². The van der Waals surface area contributed by atoms with Gasteiger partial charge in [-0.2, -0.15) is 0 Å². The number of amides is 2. The van der Waals surface area contributed by atoms with Crippen molar-refractivity contribution < 1.29 is 28.7 Å². The Labute approximate surface area is 261 Å². The predicted molar refractivity (Wildman–Crippen MR) is 167 cm³/mol. The van der Waals surface area contributed by atoms with Crippen molar-refractivity contribution in [3.05, 3.63) is 71.8 Å². The minimum Gasteiger partial charge on any atom is -0.461 e. The van der Waals surface area contributed by atoms with Gasteiger partial charge in [-0.05, 0) is 70.5 Å². The molecule has 0 aliphatic carbocycles. The van der Waals surface area contributed by atoms with Gasteiger partial charge < -0.3 is 24.6 Å². The Balaban J connectivity index is 1.35. The number of hydrogen-bond donors (Lipinski definition) is 1. The maximum absolute atomic E-state index is 13.8. The number of piperidine rings is 1. The van der Waals surface area contributed by atoms with E-state index in [0.717, 1.165) is 37.8 Å². The second kappa shape index (κ2) is 15.3. The van der Waals surface area contributed by atoms with E-state index in [9.17, 15) is 19.2 Å². The summed E-state index contributed by atoms with van der Waals surface area (Å²) in [5.41, 5.74) is 0.471. The molecule has 1 atom stereocenters. The number of nitrogens with zero attached hydrogens (tertiary/aromatic N) is 2. The SMILES string of the molecule is CC(C)(C)OC(=O)CCN1C(=O)C(CC(=O)OCc2ccccc2)NC(=O)C12CCN(CCCCCc1ccccc1)CC2. The number of nitrogens with one attached hydrogen (secondary N) is 1. The smallest absolute Gasteiger partial charge is 0.308 e. The summed E-state index contributed by atoms with van der Waals surface area (Å²) in [6.07, 6.45) is 5.02. The van der Waals surface area contributed by atoms with Crippen molar-refractivity contribution >= 4 is 23.8 Å². The zero-order valence-electron chi connectivity index (χ0n) is 26.4. The summed E-state index contributed by atoms with van der Waals surface area (Å²) in [7, 11) is 0. The summed E-state index contributed by atoms with van der Waals surface area (Å²) < 4.78 is 10.9. The van der Waals surface area contributed by atoms with Crippen LogP contribution in [0.2, 0.25) is 0 Å². The van der Waals surface area contributed by atoms with Crippen LogP contribution in [0, 0.1) is 0 Å². The van der Waals surface area contributed by atoms with Crippen LogP contribution in [0.5, 0.6) is 0 Å². The van der Waals surface area contributed by atoms with Gasteiger partial charge in [0.05, 0.1) is 12.8 Å². The van der Waals surface area contributed by atoms with E-state index >= 15 is 0 Å². The number of likely N-dealkylation sites (tertiary alicyclic amines) is 1. The van der Waals surface area contributed by atoms with Crippen LogP contribution in [-0.4, -0.2) is 76.9 Å². The number of esters is 2. The first-order chi connectivity index (χ1) is 21.1. The van der Waals surface area contributed by atoms with Crippen LogP contribution in [0.25, 0.3) is 0 Å². The fraction of sp³-hybridized carbons (Fsp3) is 0.543. The molecule has 2 heterocycles. The van der Waals surface area contributed by atoms with Gasteiger partial charge >= 0.3 is 11.9 Å². The largest absolute Gasteiger partial charge is 0.461 e. The van der Waals surface area contributed by atoms with Crippen molar-refractivity contribution in [2.75, 3.05) is 26.2 Å². The summed E-state index contributed by atoms with van der Waals surface area (Å²) in [6.45, 7) is 7.80. The molecule has 44 heavy (non-hydrogen) atoms. The highest BCUT2D eigenvalue weighted by molar-refractivity contribution is 6.01. The van der Waals surface area contributed by atoms with Gasteiger partial charge in [0.1, 0.15) is 23.8 Å². The van der Waals surface area contributed by atoms with Gasteiger partial charge in [0, 0.05) is 19.6 Å². The monoisotopic (exact) mass is 605 g/mol. The molecule has 2 fully saturated rings. The number of piperazine rings is 1. The lowest BCUT2D eigenvalue weighted by atomic mass is 9.81. The van der Waals surface area contributed by atoms with E-state index < -0.39 is 29.1 Å². The van der Waals surface area contributed by atoms with E-state index in [1.165, 1.54) is 5.56 Å². The van der Waals surface area contributed by atoms with Crippen LogP contribution in [0.1, 0.15) is 76.8 Å². The standard InChI is InChI=1S/C35H47N3O6/c1-34(2,3)44-30(39)18-22-38-32(41)29(25-31(40)43-26-28-16-9-5-10-17-28)36-33(42)35(38)19-23-37(24-20-35)21-12-6-11-15-27-13-7-4-8-14-27/h4-5,7-10,13-14,16-17,29H,6,11-12,15,18-26H2,1-3H3,(H,36,42). The van der Waals surface area contributed by atoms with Gasteiger partial charge in [0.25, 0.3) is 0 Å². The van der Waals surface area contributed by atoms with E-state index in [0.29, 0.717) is 25.9 Å². The van der Waals surface area contributed by atoms with Crippen LogP contribution >= 0.6 is 0 Å². The van der Waals surface area contributed by atoms with Crippen molar-refractivity contribution in [1.29, 1.82) is 0 Å². The normalized spacial score (nSPS) is 18.6. The van der Waals surface area contributed by atoms with Crippen molar-refractivity contribution in [2.45, 2.75) is 95.9 Å². The first-order valence-electron chi connectivity index (χ1n) is 15.9. The molecule has 2 amide bonds. The molecule has 2 aromatic carbocycles. The Hall–Kier alpha value is -3.72. The average molecular weight is 606 g/mol. The van der Waals surface area contributed by atoms with Gasteiger partial charge in [0.15, 0.2) is 0 Å². The van der Waals surface area contributed by atoms with Crippen LogP contribution in [-0.2, 0) is 41.7 Å². The fourth-order valence-corrected chi connectivity index (χ4v) is 6.03. The molecule has 0 aromatic heterocycles. The van der Waals surface area contributed by atoms with E-state index in [2.05, 4.69) is 34.5 Å². The average Bonchev–Trinajstić information content (AvgIpc) is 2.99. The molecule has 1 unspecified atom stereocenters. The van der Waals surface area contributed by atoms with Crippen LogP contribution in [0.15, 0.2) is 60.7 Å². The Kier molecular flexibility index (Phi) is 11.6. The number of carbonyl (C=O) groups is 4. The Morgan fingerprint density at radius 1 is 0.864 bits per heavy atom. The highest BCUT2D eigenvalue weighted by Gasteiger charge is 2.53. The zero-order chi connectivity index (χ0) is 31.6. The summed E-state index contributed by atoms with van der Waals surface area (Å²) in [6, 6.07) is 18.7. The number of unbranched alkanes of at least 4 members (excludes halogenated alkanes) is 2. The van der Waals surface area contributed by atoms with Crippen molar-refractivity contribution in [3.8, 4) is 0 Å². The molecular formula is C35H47N3O6. The summed E-state index contributed by atoms with van der Waals surface area (Å²) in [5, 5.41) is 2.84. The molecule has 2 aromatic rings. The Morgan fingerprint density at radius 2 is 1.50 bits per heavy atom. The van der Waals surface area contributed by atoms with Crippen molar-refractivity contribution in [3.63, 3.8) is 0 Å². The molecule has 0 radical (unpaired) electrons. The number of benzene rings is 2. The van der Waals surface area contributed by atoms with Crippen molar-refractivity contribution in [2.24, 2.45) is 0 Å². The highest BCUT2D eigenvalue weighted by atomic mass is 16.6. The first kappa shape index (κ1) is 33.2. The van der Waals surface area contributed by atoms with Crippen LogP contribution in [0.3, 0.4) is 0 Å². The lowest BCUT2D eigenvalue weighted by Gasteiger charge is -2.51. The third-order valence-electron chi connectivity index (χ3n) is 8.35. The lowest BCUT2D eigenvalue weighted by Crippen LogP contribution is -2.73. The third kappa shape index (κ3) is 9.39. The molecule has 1 N–H and O–H groups in total. The van der Waals surface area contributed by atoms with E-state index in [1.807, 2.05) is 36.4 Å². The predicted octanol–water partition coefficient (Wildman–Crippen LogP) is 4.43. The molecule has 238 valence electrons. The van der Waals surface area contributed by atoms with Crippen molar-refractivity contribution in [1.82, 2.24) is 15.1 Å². The summed E-state index contributed by atoms with van der Waals surface area (Å²) in [4.78, 5) is 56.7. The van der Waals surface area contributed by atoms with Gasteiger partial charge in [0.2, 0.25) is 11.8 Å². The molecule has 4 rings (SSSR count). The molecule has 0 bridgehead atoms. The molecule has 9 nitrogen and oxygen atoms in total. The maximum Gasteiger partial charge on any atom is 0.308 e. The van der Waals surface area contributed by atoms with E-state index in [4.69, 9.17) is 9.47 Å². The van der Waals surface area contributed by atoms with Gasteiger partial charge in [-0.25, -0.2) is 0 Å². The molecule has 2 aliphatic heterocycles. The molecule has 9 heteroatoms. The zero-order valence-corrected chi connectivity index (χ0v) is 26.4. The molecular weight excluding hydrogens is 558 g/mol. The Bertz CT molecular complexity index is 1250. The quantitative estimate of drug-likeness (QED) is 0.266. The minimum absolute atomic E-state index is 0.0334. The number of aryl methyl sites for hydroxylation is 1. The summed E-state index contributed by atoms with van der Waals surface area (Å²) in [5.74, 6) is -1.64. The highest BCUT2D eigenvalue weighted by Crippen LogP contribution is 2.34. The minimum atomic E-state index is -1.06. The van der Waals surface area contributed by atoms with Crippen LogP contribution < -0.4 is 5.32 Å². The fourth-order valence-electron chi connectivity index (χ4n) is 6.03. The van der Waals surface area contributed by atoms with Gasteiger partial charge in [-0.1, -0.05) is 67.1 Å². The van der Waals surface area contributed by atoms with Gasteiger partial charge in [-0.15, -0.1) is 0 Å². The number of carbonyl (C=O) groups excluding carboxylic acids is 4. The third-order valence-corrected chi connectivity index (χ3v) is 8.35. The molecule has 0 saturated carbocycles.